The number of carbonyl (C=O) groups is 1. The molecule has 3 rings (SSSR count). The van der Waals surface area contributed by atoms with Crippen LogP contribution >= 0.6 is 0 Å². The molecule has 0 aliphatic carbocycles. The standard InChI is InChI=1S/C22H30N4O4S/c1-25(21-8-3-2-7-20(21)22(27)24-28)31(29,30)17-5-4-6-18-11-15-26(16-12-18)19-9-13-23-14-10-19/h2-3,7-10,13-14,18,28H,4-6,11-12,15-17H2,1H3,(H,24,27). The van der Waals surface area contributed by atoms with Crippen molar-refractivity contribution >= 4 is 27.3 Å². The van der Waals surface area contributed by atoms with Gasteiger partial charge in [-0.3, -0.25) is 19.3 Å². The second-order valence-corrected chi connectivity index (χ2v) is 9.99. The Hall–Kier alpha value is -2.65. The van der Waals surface area contributed by atoms with Crippen LogP contribution in [0.3, 0.4) is 0 Å². The number of amides is 1. The molecule has 0 radical (unpaired) electrons. The first kappa shape index (κ1) is 23.0. The number of hydrogen-bond acceptors (Lipinski definition) is 6. The summed E-state index contributed by atoms with van der Waals surface area (Å²) in [5, 5.41) is 8.90. The van der Waals surface area contributed by atoms with Crippen LogP contribution in [0, 0.1) is 5.92 Å². The third-order valence-electron chi connectivity index (χ3n) is 5.91. The topological polar surface area (TPSA) is 103 Å². The van der Waals surface area contributed by atoms with Gasteiger partial charge in [0.15, 0.2) is 0 Å². The molecule has 1 aromatic heterocycles. The van der Waals surface area contributed by atoms with Crippen LogP contribution in [0.4, 0.5) is 11.4 Å². The Balaban J connectivity index is 1.46. The fraction of sp³-hybridized carbons (Fsp3) is 0.455. The summed E-state index contributed by atoms with van der Waals surface area (Å²) in [4.78, 5) is 18.3. The average molecular weight is 447 g/mol. The number of rotatable bonds is 9. The summed E-state index contributed by atoms with van der Waals surface area (Å²) in [6.45, 7) is 2.03. The predicted octanol–water partition coefficient (Wildman–Crippen LogP) is 3.05. The molecule has 1 amide bonds. The van der Waals surface area contributed by atoms with Crippen molar-refractivity contribution < 1.29 is 18.4 Å². The van der Waals surface area contributed by atoms with E-state index in [1.807, 2.05) is 24.5 Å². The predicted molar refractivity (Wildman–Crippen MR) is 121 cm³/mol. The maximum atomic E-state index is 12.8. The van der Waals surface area contributed by atoms with Crippen molar-refractivity contribution in [2.45, 2.75) is 32.1 Å². The zero-order valence-corrected chi connectivity index (χ0v) is 18.6. The van der Waals surface area contributed by atoms with E-state index in [-0.39, 0.29) is 17.0 Å². The van der Waals surface area contributed by atoms with Crippen LogP contribution in [0.25, 0.3) is 0 Å². The number of anilines is 2. The molecule has 0 spiro atoms. The molecule has 1 aromatic carbocycles. The number of pyridine rings is 1. The minimum absolute atomic E-state index is 0.0223. The summed E-state index contributed by atoms with van der Waals surface area (Å²) < 4.78 is 26.7. The summed E-state index contributed by atoms with van der Waals surface area (Å²) in [6, 6.07) is 10.4. The van der Waals surface area contributed by atoms with Gasteiger partial charge in [-0.2, -0.15) is 0 Å². The third-order valence-corrected chi connectivity index (χ3v) is 7.75. The molecular weight excluding hydrogens is 416 g/mol. The number of para-hydroxylation sites is 1. The third kappa shape index (κ3) is 5.95. The van der Waals surface area contributed by atoms with Crippen LogP contribution in [0.2, 0.25) is 0 Å². The van der Waals surface area contributed by atoms with Crippen molar-refractivity contribution in [1.29, 1.82) is 0 Å². The first-order chi connectivity index (χ1) is 14.9. The van der Waals surface area contributed by atoms with Crippen molar-refractivity contribution in [2.24, 2.45) is 5.92 Å². The van der Waals surface area contributed by atoms with Gasteiger partial charge in [-0.25, -0.2) is 13.9 Å². The van der Waals surface area contributed by atoms with E-state index in [0.29, 0.717) is 12.3 Å². The van der Waals surface area contributed by atoms with Gasteiger partial charge in [0.25, 0.3) is 5.91 Å². The normalized spacial score (nSPS) is 15.0. The van der Waals surface area contributed by atoms with Gasteiger partial charge in [-0.15, -0.1) is 0 Å². The summed E-state index contributed by atoms with van der Waals surface area (Å²) in [7, 11) is -2.13. The molecular formula is C22H30N4O4S. The van der Waals surface area contributed by atoms with Gasteiger partial charge in [0.1, 0.15) is 0 Å². The van der Waals surface area contributed by atoms with E-state index in [1.165, 1.54) is 18.8 Å². The van der Waals surface area contributed by atoms with Crippen molar-refractivity contribution in [3.05, 3.63) is 54.4 Å². The second-order valence-electron chi connectivity index (χ2n) is 7.87. The van der Waals surface area contributed by atoms with Crippen LogP contribution in [0.1, 0.15) is 42.5 Å². The smallest absolute Gasteiger partial charge is 0.276 e. The van der Waals surface area contributed by atoms with Gasteiger partial charge in [0.2, 0.25) is 10.0 Å². The zero-order chi connectivity index (χ0) is 22.3. The van der Waals surface area contributed by atoms with Crippen molar-refractivity contribution in [2.75, 3.05) is 35.1 Å². The van der Waals surface area contributed by atoms with Crippen LogP contribution < -0.4 is 14.7 Å². The fourth-order valence-corrected chi connectivity index (χ4v) is 5.34. The van der Waals surface area contributed by atoms with Gasteiger partial charge in [-0.1, -0.05) is 25.0 Å². The van der Waals surface area contributed by atoms with Crippen LogP contribution in [0.15, 0.2) is 48.8 Å². The molecule has 0 unspecified atom stereocenters. The minimum Gasteiger partial charge on any atom is -0.371 e. The molecule has 1 aliphatic rings. The molecule has 2 N–H and O–H groups in total. The van der Waals surface area contributed by atoms with E-state index in [4.69, 9.17) is 5.21 Å². The average Bonchev–Trinajstić information content (AvgIpc) is 2.82. The Bertz CT molecular complexity index is 960. The van der Waals surface area contributed by atoms with E-state index >= 15 is 0 Å². The number of nitrogens with one attached hydrogen (secondary N) is 1. The molecule has 0 bridgehead atoms. The largest absolute Gasteiger partial charge is 0.371 e. The Morgan fingerprint density at radius 3 is 2.52 bits per heavy atom. The molecule has 1 saturated heterocycles. The van der Waals surface area contributed by atoms with E-state index in [1.54, 1.807) is 23.7 Å². The van der Waals surface area contributed by atoms with E-state index in [0.717, 1.165) is 43.1 Å². The SMILES string of the molecule is CN(c1ccccc1C(=O)NO)S(=O)(=O)CCCCC1CCN(c2ccncc2)CC1. The highest BCUT2D eigenvalue weighted by Crippen LogP contribution is 2.27. The first-order valence-electron chi connectivity index (χ1n) is 10.6. The Morgan fingerprint density at radius 2 is 1.84 bits per heavy atom. The number of aromatic nitrogens is 1. The van der Waals surface area contributed by atoms with Gasteiger partial charge >= 0.3 is 0 Å². The minimum atomic E-state index is -3.57. The van der Waals surface area contributed by atoms with Crippen molar-refractivity contribution in [1.82, 2.24) is 10.5 Å². The first-order valence-corrected chi connectivity index (χ1v) is 12.2. The molecule has 2 aromatic rings. The maximum Gasteiger partial charge on any atom is 0.276 e. The van der Waals surface area contributed by atoms with Gasteiger partial charge in [-0.05, 0) is 49.4 Å². The lowest BCUT2D eigenvalue weighted by Crippen LogP contribution is -2.33. The molecule has 2 heterocycles. The van der Waals surface area contributed by atoms with Crippen LogP contribution in [0.5, 0.6) is 0 Å². The number of unbranched alkanes of at least 4 members (excludes halogenated alkanes) is 1. The summed E-state index contributed by atoms with van der Waals surface area (Å²) in [5.74, 6) is -0.0997. The molecule has 8 nitrogen and oxygen atoms in total. The number of carbonyl (C=O) groups excluding carboxylic acids is 1. The van der Waals surface area contributed by atoms with E-state index in [2.05, 4.69) is 9.88 Å². The van der Waals surface area contributed by atoms with Gasteiger partial charge in [0.05, 0.1) is 17.0 Å². The molecule has 168 valence electrons. The summed E-state index contributed by atoms with van der Waals surface area (Å²) >= 11 is 0. The molecule has 9 heteroatoms. The molecule has 1 fully saturated rings. The number of piperidine rings is 1. The van der Waals surface area contributed by atoms with Crippen molar-refractivity contribution in [3.8, 4) is 0 Å². The lowest BCUT2D eigenvalue weighted by atomic mass is 9.91. The quantitative estimate of drug-likeness (QED) is 0.349. The Morgan fingerprint density at radius 1 is 1.16 bits per heavy atom. The number of hydroxylamine groups is 1. The number of nitrogens with zero attached hydrogens (tertiary/aromatic N) is 3. The van der Waals surface area contributed by atoms with Gasteiger partial charge < -0.3 is 4.90 Å². The lowest BCUT2D eigenvalue weighted by Gasteiger charge is -2.33. The number of benzene rings is 1. The van der Waals surface area contributed by atoms with Crippen LogP contribution in [-0.2, 0) is 10.0 Å². The molecule has 31 heavy (non-hydrogen) atoms. The summed E-state index contributed by atoms with van der Waals surface area (Å²) in [6.07, 6.45) is 8.29. The highest BCUT2D eigenvalue weighted by atomic mass is 32.2. The Kier molecular flexibility index (Phi) is 7.86. The lowest BCUT2D eigenvalue weighted by molar-refractivity contribution is 0.0707. The zero-order valence-electron chi connectivity index (χ0n) is 17.8. The fourth-order valence-electron chi connectivity index (χ4n) is 4.04. The highest BCUT2D eigenvalue weighted by molar-refractivity contribution is 7.92. The molecule has 0 saturated carbocycles. The molecule has 1 aliphatic heterocycles. The Labute approximate surface area is 183 Å². The van der Waals surface area contributed by atoms with E-state index in [9.17, 15) is 13.2 Å². The van der Waals surface area contributed by atoms with Crippen molar-refractivity contribution in [3.63, 3.8) is 0 Å². The summed E-state index contributed by atoms with van der Waals surface area (Å²) in [5.41, 5.74) is 3.13. The van der Waals surface area contributed by atoms with Gasteiger partial charge in [0, 0.05) is 38.2 Å². The molecule has 0 atom stereocenters. The monoisotopic (exact) mass is 446 g/mol. The second kappa shape index (κ2) is 10.6. The highest BCUT2D eigenvalue weighted by Gasteiger charge is 2.23. The maximum absolute atomic E-state index is 12.8. The van der Waals surface area contributed by atoms with E-state index < -0.39 is 15.9 Å². The van der Waals surface area contributed by atoms with Crippen LogP contribution in [-0.4, -0.2) is 50.4 Å². The number of sulfonamides is 1. The number of hydrogen-bond donors (Lipinski definition) is 2.